The van der Waals surface area contributed by atoms with E-state index in [0.29, 0.717) is 0 Å². The predicted octanol–water partition coefficient (Wildman–Crippen LogP) is 11.0. The van der Waals surface area contributed by atoms with Gasteiger partial charge < -0.3 is 0 Å². The SMILES string of the molecule is Cc1ccc(P(c2ccc(C)cc2)c2c(C)cc3ccccc3c2-c2c(P(c3ccc(C)cc3)c3ccc(C)cc3)c(C)cc3ccccc23)cc1. The molecule has 2 heteroatoms. The van der Waals surface area contributed by atoms with E-state index in [-0.39, 0.29) is 0 Å². The molecule has 8 rings (SSSR count). The van der Waals surface area contributed by atoms with Gasteiger partial charge in [0, 0.05) is 0 Å². The maximum atomic E-state index is 2.44. The van der Waals surface area contributed by atoms with Gasteiger partial charge in [-0.3, -0.25) is 0 Å². The largest absolute Gasteiger partial charge is 0.0616 e. The van der Waals surface area contributed by atoms with E-state index in [4.69, 9.17) is 0 Å². The van der Waals surface area contributed by atoms with Crippen LogP contribution in [0.5, 0.6) is 0 Å². The fourth-order valence-corrected chi connectivity index (χ4v) is 12.8. The monoisotopic (exact) mass is 706 g/mol. The van der Waals surface area contributed by atoms with Gasteiger partial charge in [0.15, 0.2) is 0 Å². The molecule has 8 aromatic carbocycles. The zero-order chi connectivity index (χ0) is 35.9. The molecule has 0 aliphatic heterocycles. The van der Waals surface area contributed by atoms with Gasteiger partial charge in [-0.15, -0.1) is 0 Å². The molecule has 0 N–H and O–H groups in total. The third-order valence-corrected chi connectivity index (χ3v) is 15.6. The van der Waals surface area contributed by atoms with Crippen molar-refractivity contribution >= 4 is 69.2 Å². The third-order valence-electron chi connectivity index (χ3n) is 10.3. The minimum atomic E-state index is -0.916. The van der Waals surface area contributed by atoms with Crippen LogP contribution in [0, 0.1) is 41.5 Å². The lowest BCUT2D eigenvalue weighted by atomic mass is 9.91. The van der Waals surface area contributed by atoms with Crippen molar-refractivity contribution in [1.29, 1.82) is 0 Å². The van der Waals surface area contributed by atoms with Gasteiger partial charge in [-0.1, -0.05) is 180 Å². The number of benzene rings is 8. The van der Waals surface area contributed by atoms with Crippen LogP contribution in [0.1, 0.15) is 33.4 Å². The Hall–Kier alpha value is -4.86. The Morgan fingerprint density at radius 2 is 0.577 bits per heavy atom. The summed E-state index contributed by atoms with van der Waals surface area (Å²) < 4.78 is 0. The second-order valence-corrected chi connectivity index (χ2v) is 18.6. The number of rotatable bonds is 7. The molecule has 0 radical (unpaired) electrons. The lowest BCUT2D eigenvalue weighted by Gasteiger charge is -2.31. The average Bonchev–Trinajstić information content (AvgIpc) is 3.15. The standard InChI is InChI=1S/C50H44P2/c1-33-15-23-41(24-16-33)51(42-25-17-34(2)18-26-42)49-37(5)31-39-11-7-9-13-45(39)47(49)48-46-14-10-8-12-40(46)32-38(6)50(48)52(43-27-19-35(3)20-28-43)44-29-21-36(4)22-30-44/h7-32H,1-6H3. The van der Waals surface area contributed by atoms with E-state index >= 15 is 0 Å². The van der Waals surface area contributed by atoms with Gasteiger partial charge in [-0.25, -0.2) is 0 Å². The summed E-state index contributed by atoms with van der Waals surface area (Å²) in [6.07, 6.45) is 0. The molecule has 0 bridgehead atoms. The number of aryl methyl sites for hydroxylation is 6. The van der Waals surface area contributed by atoms with E-state index in [2.05, 4.69) is 199 Å². The second-order valence-electron chi connectivity index (χ2n) is 14.3. The molecule has 0 spiro atoms. The first-order valence-corrected chi connectivity index (χ1v) is 20.9. The van der Waals surface area contributed by atoms with E-state index in [1.54, 1.807) is 0 Å². The molecule has 0 fully saturated rings. The highest BCUT2D eigenvalue weighted by atomic mass is 31.1. The summed E-state index contributed by atoms with van der Waals surface area (Å²) in [7, 11) is -1.83. The highest BCUT2D eigenvalue weighted by Gasteiger charge is 2.30. The normalized spacial score (nSPS) is 11.6. The Bertz CT molecular complexity index is 2270. The van der Waals surface area contributed by atoms with Crippen molar-refractivity contribution < 1.29 is 0 Å². The highest BCUT2D eigenvalue weighted by Crippen LogP contribution is 2.47. The summed E-state index contributed by atoms with van der Waals surface area (Å²) in [5, 5.41) is 13.6. The van der Waals surface area contributed by atoms with Crippen molar-refractivity contribution in [1.82, 2.24) is 0 Å². The van der Waals surface area contributed by atoms with E-state index < -0.39 is 15.8 Å². The van der Waals surface area contributed by atoms with Crippen molar-refractivity contribution in [2.45, 2.75) is 41.5 Å². The van der Waals surface area contributed by atoms with Gasteiger partial charge in [-0.05, 0) is 133 Å². The summed E-state index contributed by atoms with van der Waals surface area (Å²) in [6, 6.07) is 60.4. The quantitative estimate of drug-likeness (QED) is 0.145. The number of hydrogen-bond acceptors (Lipinski definition) is 0. The molecule has 8 aromatic rings. The fraction of sp³-hybridized carbons (Fsp3) is 0.120. The average molecular weight is 707 g/mol. The smallest absolute Gasteiger partial charge is 0.000606 e. The molecule has 0 saturated heterocycles. The van der Waals surface area contributed by atoms with Crippen molar-refractivity contribution in [3.63, 3.8) is 0 Å². The van der Waals surface area contributed by atoms with Crippen LogP contribution in [0.3, 0.4) is 0 Å². The first-order chi connectivity index (χ1) is 25.3. The first-order valence-electron chi connectivity index (χ1n) is 18.2. The summed E-state index contributed by atoms with van der Waals surface area (Å²) >= 11 is 0. The molecule has 0 aromatic heterocycles. The van der Waals surface area contributed by atoms with Crippen LogP contribution >= 0.6 is 15.8 Å². The molecule has 0 aliphatic carbocycles. The van der Waals surface area contributed by atoms with Crippen LogP contribution in [0.15, 0.2) is 158 Å². The van der Waals surface area contributed by atoms with Gasteiger partial charge in [0.2, 0.25) is 0 Å². The van der Waals surface area contributed by atoms with Crippen LogP contribution < -0.4 is 31.8 Å². The van der Waals surface area contributed by atoms with E-state index in [0.717, 1.165) is 0 Å². The van der Waals surface area contributed by atoms with Crippen LogP contribution in [0.4, 0.5) is 0 Å². The minimum Gasteiger partial charge on any atom is -0.0616 e. The third kappa shape index (κ3) is 6.41. The number of fused-ring (bicyclic) bond motifs is 2. The molecular formula is C50H44P2. The lowest BCUT2D eigenvalue weighted by Crippen LogP contribution is -2.28. The zero-order valence-electron chi connectivity index (χ0n) is 30.9. The van der Waals surface area contributed by atoms with E-state index in [9.17, 15) is 0 Å². The molecule has 0 heterocycles. The van der Waals surface area contributed by atoms with Crippen molar-refractivity contribution in [3.8, 4) is 11.1 Å². The maximum Gasteiger partial charge on any atom is -0.000606 e. The van der Waals surface area contributed by atoms with Crippen molar-refractivity contribution in [2.24, 2.45) is 0 Å². The molecule has 254 valence electrons. The molecule has 0 unspecified atom stereocenters. The Labute approximate surface area is 311 Å². The molecular weight excluding hydrogens is 662 g/mol. The summed E-state index contributed by atoms with van der Waals surface area (Å²) in [5.74, 6) is 0. The Kier molecular flexibility index (Phi) is 9.40. The maximum absolute atomic E-state index is 2.44. The molecule has 0 saturated carbocycles. The van der Waals surface area contributed by atoms with Crippen LogP contribution in [0.2, 0.25) is 0 Å². The van der Waals surface area contributed by atoms with E-state index in [1.807, 2.05) is 0 Å². The van der Waals surface area contributed by atoms with Gasteiger partial charge >= 0.3 is 0 Å². The summed E-state index contributed by atoms with van der Waals surface area (Å²) in [6.45, 7) is 13.5. The van der Waals surface area contributed by atoms with Crippen LogP contribution in [-0.2, 0) is 0 Å². The van der Waals surface area contributed by atoms with Gasteiger partial charge in [0.1, 0.15) is 0 Å². The minimum absolute atomic E-state index is 0.916. The molecule has 0 atom stereocenters. The molecule has 0 nitrogen and oxygen atoms in total. The first kappa shape index (κ1) is 34.2. The lowest BCUT2D eigenvalue weighted by molar-refractivity contribution is 1.48. The van der Waals surface area contributed by atoms with Crippen LogP contribution in [0.25, 0.3) is 32.7 Å². The van der Waals surface area contributed by atoms with Gasteiger partial charge in [0.05, 0.1) is 0 Å². The van der Waals surface area contributed by atoms with Crippen molar-refractivity contribution in [2.75, 3.05) is 0 Å². The molecule has 52 heavy (non-hydrogen) atoms. The fourth-order valence-electron chi connectivity index (χ4n) is 7.63. The van der Waals surface area contributed by atoms with Crippen molar-refractivity contribution in [3.05, 3.63) is 191 Å². The highest BCUT2D eigenvalue weighted by molar-refractivity contribution is 7.81. The van der Waals surface area contributed by atoms with Gasteiger partial charge in [0.25, 0.3) is 0 Å². The van der Waals surface area contributed by atoms with Crippen LogP contribution in [-0.4, -0.2) is 0 Å². The summed E-state index contributed by atoms with van der Waals surface area (Å²) in [5.41, 5.74) is 10.6. The molecule has 0 amide bonds. The Balaban J connectivity index is 1.57. The number of hydrogen-bond donors (Lipinski definition) is 0. The second kappa shape index (κ2) is 14.3. The van der Waals surface area contributed by atoms with Gasteiger partial charge in [-0.2, -0.15) is 0 Å². The topological polar surface area (TPSA) is 0 Å². The predicted molar refractivity (Wildman–Crippen MR) is 233 cm³/mol. The Morgan fingerprint density at radius 1 is 0.308 bits per heavy atom. The van der Waals surface area contributed by atoms with E-state index in [1.165, 1.54) is 97.9 Å². The molecule has 0 aliphatic rings. The summed E-state index contributed by atoms with van der Waals surface area (Å²) in [4.78, 5) is 0. The zero-order valence-corrected chi connectivity index (χ0v) is 32.7. The Morgan fingerprint density at radius 3 is 0.865 bits per heavy atom.